The topological polar surface area (TPSA) is 79.0 Å². The Morgan fingerprint density at radius 1 is 1.31 bits per heavy atom. The van der Waals surface area contributed by atoms with Crippen LogP contribution in [-0.2, 0) is 14.3 Å². The van der Waals surface area contributed by atoms with E-state index in [0.717, 1.165) is 13.0 Å². The average Bonchev–Trinajstić information content (AvgIpc) is 2.95. The van der Waals surface area contributed by atoms with E-state index in [9.17, 15) is 14.4 Å². The highest BCUT2D eigenvalue weighted by molar-refractivity contribution is 5.98. The fourth-order valence-electron chi connectivity index (χ4n) is 3.81. The van der Waals surface area contributed by atoms with Gasteiger partial charge in [0.1, 0.15) is 17.2 Å². The van der Waals surface area contributed by atoms with Crippen molar-refractivity contribution in [3.63, 3.8) is 0 Å². The summed E-state index contributed by atoms with van der Waals surface area (Å²) >= 11 is 0. The maximum Gasteiger partial charge on any atom is 0.408 e. The first-order valence-electron chi connectivity index (χ1n) is 9.60. The Bertz CT molecular complexity index is 570. The number of carbonyl (C=O) groups excluding carboxylic acids is 3. The van der Waals surface area contributed by atoms with Gasteiger partial charge in [0.15, 0.2) is 0 Å². The van der Waals surface area contributed by atoms with Crippen LogP contribution >= 0.6 is 0 Å². The zero-order chi connectivity index (χ0) is 19.7. The highest BCUT2D eigenvalue weighted by Crippen LogP contribution is 2.39. The zero-order valence-corrected chi connectivity index (χ0v) is 16.9. The van der Waals surface area contributed by atoms with Gasteiger partial charge in [0, 0.05) is 13.1 Å². The summed E-state index contributed by atoms with van der Waals surface area (Å²) in [7, 11) is 0. The molecule has 2 fully saturated rings. The van der Waals surface area contributed by atoms with Gasteiger partial charge >= 0.3 is 6.09 Å². The van der Waals surface area contributed by atoms with Gasteiger partial charge in [-0.15, -0.1) is 0 Å². The molecule has 2 aliphatic heterocycles. The number of hydrogen-bond donors (Lipinski definition) is 1. The number of amides is 3. The number of nitrogens with zero attached hydrogens (tertiary/aromatic N) is 2. The predicted octanol–water partition coefficient (Wildman–Crippen LogP) is 2.15. The van der Waals surface area contributed by atoms with Crippen molar-refractivity contribution in [1.82, 2.24) is 15.1 Å². The van der Waals surface area contributed by atoms with Gasteiger partial charge in [0.25, 0.3) is 5.91 Å². The highest BCUT2D eigenvalue weighted by atomic mass is 16.6. The Kier molecular flexibility index (Phi) is 5.88. The molecule has 7 heteroatoms. The first-order chi connectivity index (χ1) is 12.0. The molecule has 2 aliphatic rings. The van der Waals surface area contributed by atoms with Gasteiger partial charge < -0.3 is 19.9 Å². The molecule has 2 atom stereocenters. The normalized spacial score (nSPS) is 24.0. The third-order valence-corrected chi connectivity index (χ3v) is 4.88. The largest absolute Gasteiger partial charge is 0.444 e. The van der Waals surface area contributed by atoms with Gasteiger partial charge in [0.2, 0.25) is 5.91 Å². The molecule has 26 heavy (non-hydrogen) atoms. The van der Waals surface area contributed by atoms with E-state index in [2.05, 4.69) is 19.2 Å². The Labute approximate surface area is 156 Å². The van der Waals surface area contributed by atoms with Crippen LogP contribution in [0.25, 0.3) is 0 Å². The Morgan fingerprint density at radius 2 is 1.96 bits per heavy atom. The number of rotatable bonds is 5. The van der Waals surface area contributed by atoms with E-state index < -0.39 is 23.3 Å². The quantitative estimate of drug-likeness (QED) is 0.755. The van der Waals surface area contributed by atoms with Crippen molar-refractivity contribution in [2.45, 2.75) is 78.0 Å². The van der Waals surface area contributed by atoms with Crippen molar-refractivity contribution >= 4 is 17.9 Å². The molecular formula is C19H33N3O4. The smallest absolute Gasteiger partial charge is 0.408 e. The van der Waals surface area contributed by atoms with Gasteiger partial charge in [0.05, 0.1) is 6.54 Å². The van der Waals surface area contributed by atoms with Crippen molar-refractivity contribution in [3.05, 3.63) is 0 Å². The van der Waals surface area contributed by atoms with Crippen LogP contribution < -0.4 is 5.32 Å². The molecule has 0 aromatic carbocycles. The maximum absolute atomic E-state index is 13.0. The van der Waals surface area contributed by atoms with Crippen LogP contribution in [0.1, 0.15) is 60.8 Å². The van der Waals surface area contributed by atoms with Crippen LogP contribution in [0.3, 0.4) is 0 Å². The fraction of sp³-hybridized carbons (Fsp3) is 0.842. The second-order valence-corrected chi connectivity index (χ2v) is 8.81. The van der Waals surface area contributed by atoms with Gasteiger partial charge in [-0.25, -0.2) is 4.79 Å². The van der Waals surface area contributed by atoms with Gasteiger partial charge in [-0.2, -0.15) is 0 Å². The number of hydrogen-bond acceptors (Lipinski definition) is 4. The van der Waals surface area contributed by atoms with Crippen LogP contribution in [0.4, 0.5) is 4.79 Å². The van der Waals surface area contributed by atoms with Crippen molar-refractivity contribution < 1.29 is 19.1 Å². The molecule has 3 amide bonds. The standard InChI is InChI=1S/C19H33N3O4/c1-7-14(20-17(25)26-18(4,5)6)15(23)22-10-8-9-19(22)12-21(16(19)24)11-13(2)3/h13-14H,7-12H2,1-6H3,(H,20,25)/t14-,19?/m0/s1. The zero-order valence-electron chi connectivity index (χ0n) is 16.9. The molecule has 1 unspecified atom stereocenters. The van der Waals surface area contributed by atoms with Gasteiger partial charge in [-0.3, -0.25) is 9.59 Å². The van der Waals surface area contributed by atoms with E-state index in [-0.39, 0.29) is 11.8 Å². The number of ether oxygens (including phenoxy) is 1. The lowest BCUT2D eigenvalue weighted by molar-refractivity contribution is -0.169. The number of carbonyl (C=O) groups is 3. The van der Waals surface area contributed by atoms with E-state index in [1.807, 2.05) is 11.8 Å². The average molecular weight is 367 g/mol. The maximum atomic E-state index is 13.0. The molecule has 148 valence electrons. The summed E-state index contributed by atoms with van der Waals surface area (Å²) in [6.07, 6.45) is 1.37. The fourth-order valence-corrected chi connectivity index (χ4v) is 3.81. The molecule has 1 N–H and O–H groups in total. The van der Waals surface area contributed by atoms with Crippen molar-refractivity contribution in [2.24, 2.45) is 5.92 Å². The summed E-state index contributed by atoms with van der Waals surface area (Å²) in [5.74, 6) is 0.261. The van der Waals surface area contributed by atoms with Crippen LogP contribution in [-0.4, -0.2) is 64.5 Å². The third-order valence-electron chi connectivity index (χ3n) is 4.88. The Balaban J connectivity index is 2.05. The lowest BCUT2D eigenvalue weighted by Gasteiger charge is -2.52. The first kappa shape index (κ1) is 20.5. The van der Waals surface area contributed by atoms with Crippen molar-refractivity contribution in [2.75, 3.05) is 19.6 Å². The minimum atomic E-state index is -0.699. The SMILES string of the molecule is CC[C@H](NC(=O)OC(C)(C)C)C(=O)N1CCCC12CN(CC(C)C)C2=O. The van der Waals surface area contributed by atoms with Crippen molar-refractivity contribution in [3.8, 4) is 0 Å². The van der Waals surface area contributed by atoms with Crippen LogP contribution in [0.2, 0.25) is 0 Å². The van der Waals surface area contributed by atoms with Crippen LogP contribution in [0, 0.1) is 5.92 Å². The number of alkyl carbamates (subject to hydrolysis) is 1. The van der Waals surface area contributed by atoms with E-state index >= 15 is 0 Å². The minimum absolute atomic E-state index is 0.0455. The summed E-state index contributed by atoms with van der Waals surface area (Å²) in [4.78, 5) is 41.4. The monoisotopic (exact) mass is 367 g/mol. The highest BCUT2D eigenvalue weighted by Gasteiger charge is 2.59. The van der Waals surface area contributed by atoms with Crippen LogP contribution in [0.5, 0.6) is 0 Å². The minimum Gasteiger partial charge on any atom is -0.444 e. The van der Waals surface area contributed by atoms with E-state index in [4.69, 9.17) is 4.74 Å². The molecule has 0 bridgehead atoms. The van der Waals surface area contributed by atoms with Gasteiger partial charge in [-0.05, 0) is 46.0 Å². The second-order valence-electron chi connectivity index (χ2n) is 8.81. The second kappa shape index (κ2) is 7.45. The van der Waals surface area contributed by atoms with E-state index in [1.54, 1.807) is 25.7 Å². The molecule has 0 saturated carbocycles. The number of likely N-dealkylation sites (tertiary alicyclic amines) is 2. The van der Waals surface area contributed by atoms with Gasteiger partial charge in [-0.1, -0.05) is 20.8 Å². The molecule has 7 nitrogen and oxygen atoms in total. The molecular weight excluding hydrogens is 334 g/mol. The molecule has 2 heterocycles. The first-order valence-corrected chi connectivity index (χ1v) is 9.60. The summed E-state index contributed by atoms with van der Waals surface area (Å²) in [6.45, 7) is 13.2. The Hall–Kier alpha value is -1.79. The summed E-state index contributed by atoms with van der Waals surface area (Å²) in [6, 6.07) is -0.674. The third kappa shape index (κ3) is 4.13. The number of β-lactam (4-membered cyclic amide) rings is 1. The lowest BCUT2D eigenvalue weighted by Crippen LogP contribution is -2.74. The molecule has 0 aromatic heterocycles. The number of nitrogens with one attached hydrogen (secondary N) is 1. The molecule has 2 saturated heterocycles. The predicted molar refractivity (Wildman–Crippen MR) is 98.5 cm³/mol. The molecule has 1 spiro atoms. The molecule has 0 radical (unpaired) electrons. The summed E-state index contributed by atoms with van der Waals surface area (Å²) < 4.78 is 5.26. The summed E-state index contributed by atoms with van der Waals surface area (Å²) in [5, 5.41) is 2.67. The van der Waals surface area contributed by atoms with E-state index in [1.165, 1.54) is 0 Å². The molecule has 0 aliphatic carbocycles. The molecule has 2 rings (SSSR count). The molecule has 0 aromatic rings. The summed E-state index contributed by atoms with van der Waals surface area (Å²) in [5.41, 5.74) is -1.32. The van der Waals surface area contributed by atoms with Crippen molar-refractivity contribution in [1.29, 1.82) is 0 Å². The Morgan fingerprint density at radius 3 is 2.46 bits per heavy atom. The van der Waals surface area contributed by atoms with E-state index in [0.29, 0.717) is 31.8 Å². The lowest BCUT2D eigenvalue weighted by atomic mass is 9.84. The van der Waals surface area contributed by atoms with Crippen LogP contribution in [0.15, 0.2) is 0 Å².